The van der Waals surface area contributed by atoms with Gasteiger partial charge in [0.15, 0.2) is 5.78 Å². The highest BCUT2D eigenvalue weighted by Gasteiger charge is 2.16. The maximum atomic E-state index is 12.1. The second-order valence-corrected chi connectivity index (χ2v) is 4.92. The number of aromatic nitrogens is 2. The SMILES string of the molecule is Cc1nn(C)c(Cl)c1C(=O)/C=C/c1ccc(Cl)cc1. The molecule has 0 saturated carbocycles. The number of hydrogen-bond acceptors (Lipinski definition) is 2. The number of halogens is 2. The Morgan fingerprint density at radius 1 is 1.26 bits per heavy atom. The van der Waals surface area contributed by atoms with Crippen LogP contribution in [-0.2, 0) is 7.05 Å². The number of ketones is 1. The minimum absolute atomic E-state index is 0.162. The van der Waals surface area contributed by atoms with E-state index in [1.54, 1.807) is 32.2 Å². The summed E-state index contributed by atoms with van der Waals surface area (Å²) in [5.74, 6) is -0.162. The van der Waals surface area contributed by atoms with Crippen LogP contribution in [0.4, 0.5) is 0 Å². The number of rotatable bonds is 3. The first-order valence-electron chi connectivity index (χ1n) is 5.66. The second kappa shape index (κ2) is 5.59. The molecule has 0 aliphatic rings. The Bertz CT molecular complexity index is 642. The molecule has 0 fully saturated rings. The van der Waals surface area contributed by atoms with Crippen molar-refractivity contribution < 1.29 is 4.79 Å². The number of nitrogens with zero attached hydrogens (tertiary/aromatic N) is 2. The highest BCUT2D eigenvalue weighted by atomic mass is 35.5. The first kappa shape index (κ1) is 13.8. The Balaban J connectivity index is 2.23. The van der Waals surface area contributed by atoms with E-state index in [9.17, 15) is 4.79 Å². The Labute approximate surface area is 121 Å². The highest BCUT2D eigenvalue weighted by Crippen LogP contribution is 2.20. The van der Waals surface area contributed by atoms with Crippen molar-refractivity contribution in [3.63, 3.8) is 0 Å². The zero-order chi connectivity index (χ0) is 14.0. The fraction of sp³-hybridized carbons (Fsp3) is 0.143. The minimum atomic E-state index is -0.162. The van der Waals surface area contributed by atoms with Crippen LogP contribution in [0, 0.1) is 6.92 Å². The monoisotopic (exact) mass is 294 g/mol. The van der Waals surface area contributed by atoms with Crippen LogP contribution in [0.1, 0.15) is 21.6 Å². The molecule has 5 heteroatoms. The van der Waals surface area contributed by atoms with E-state index in [-0.39, 0.29) is 5.78 Å². The van der Waals surface area contributed by atoms with Gasteiger partial charge in [-0.1, -0.05) is 41.4 Å². The molecule has 1 aromatic heterocycles. The first-order valence-corrected chi connectivity index (χ1v) is 6.41. The molecule has 0 spiro atoms. The maximum absolute atomic E-state index is 12.1. The Morgan fingerprint density at radius 3 is 2.42 bits per heavy atom. The lowest BCUT2D eigenvalue weighted by Crippen LogP contribution is -1.96. The zero-order valence-corrected chi connectivity index (χ0v) is 12.0. The molecule has 1 aromatic carbocycles. The molecule has 0 N–H and O–H groups in total. The van der Waals surface area contributed by atoms with E-state index in [2.05, 4.69) is 5.10 Å². The molecule has 19 heavy (non-hydrogen) atoms. The average molecular weight is 295 g/mol. The highest BCUT2D eigenvalue weighted by molar-refractivity contribution is 6.34. The topological polar surface area (TPSA) is 34.9 Å². The van der Waals surface area contributed by atoms with Crippen molar-refractivity contribution in [2.75, 3.05) is 0 Å². The predicted octanol–water partition coefficient (Wildman–Crippen LogP) is 3.93. The van der Waals surface area contributed by atoms with Crippen LogP contribution in [0.15, 0.2) is 30.3 Å². The van der Waals surface area contributed by atoms with Crippen LogP contribution in [0.3, 0.4) is 0 Å². The van der Waals surface area contributed by atoms with Crippen LogP contribution >= 0.6 is 23.2 Å². The second-order valence-electron chi connectivity index (χ2n) is 4.12. The average Bonchev–Trinajstić information content (AvgIpc) is 2.62. The summed E-state index contributed by atoms with van der Waals surface area (Å²) in [5, 5.41) is 5.12. The van der Waals surface area contributed by atoms with E-state index in [0.29, 0.717) is 21.4 Å². The summed E-state index contributed by atoms with van der Waals surface area (Å²) in [4.78, 5) is 12.1. The molecule has 3 nitrogen and oxygen atoms in total. The van der Waals surface area contributed by atoms with Crippen molar-refractivity contribution in [1.29, 1.82) is 0 Å². The van der Waals surface area contributed by atoms with Gasteiger partial charge in [-0.25, -0.2) is 0 Å². The first-order chi connectivity index (χ1) is 8.99. The molecular weight excluding hydrogens is 283 g/mol. The van der Waals surface area contributed by atoms with Gasteiger partial charge in [0.2, 0.25) is 0 Å². The molecule has 0 aliphatic heterocycles. The molecule has 2 aromatic rings. The molecule has 98 valence electrons. The summed E-state index contributed by atoms with van der Waals surface area (Å²) < 4.78 is 1.49. The van der Waals surface area contributed by atoms with E-state index in [1.807, 2.05) is 12.1 Å². The van der Waals surface area contributed by atoms with Gasteiger partial charge in [-0.15, -0.1) is 0 Å². The van der Waals surface area contributed by atoms with Crippen molar-refractivity contribution >= 4 is 35.1 Å². The number of benzene rings is 1. The Morgan fingerprint density at radius 2 is 1.89 bits per heavy atom. The Hall–Kier alpha value is -1.58. The van der Waals surface area contributed by atoms with Crippen LogP contribution in [0.2, 0.25) is 10.2 Å². The molecule has 0 amide bonds. The number of aryl methyl sites for hydroxylation is 2. The third-order valence-electron chi connectivity index (χ3n) is 2.70. The van der Waals surface area contributed by atoms with Crippen LogP contribution in [-0.4, -0.2) is 15.6 Å². The molecule has 1 heterocycles. The van der Waals surface area contributed by atoms with Gasteiger partial charge in [0.1, 0.15) is 5.15 Å². The van der Waals surface area contributed by atoms with E-state index in [1.165, 1.54) is 10.8 Å². The summed E-state index contributed by atoms with van der Waals surface area (Å²) in [5.41, 5.74) is 1.96. The summed E-state index contributed by atoms with van der Waals surface area (Å²) in [7, 11) is 1.70. The number of carbonyl (C=O) groups is 1. The molecular formula is C14H12Cl2N2O. The third-order valence-corrected chi connectivity index (χ3v) is 3.38. The fourth-order valence-corrected chi connectivity index (χ4v) is 2.13. The smallest absolute Gasteiger partial charge is 0.190 e. The van der Waals surface area contributed by atoms with Gasteiger partial charge in [-0.2, -0.15) is 5.10 Å². The van der Waals surface area contributed by atoms with Crippen molar-refractivity contribution in [1.82, 2.24) is 9.78 Å². The predicted molar refractivity (Wildman–Crippen MR) is 77.8 cm³/mol. The van der Waals surface area contributed by atoms with E-state index in [4.69, 9.17) is 23.2 Å². The molecule has 0 unspecified atom stereocenters. The standard InChI is InChI=1S/C14H12Cl2N2O/c1-9-13(14(16)18(2)17-9)12(19)8-5-10-3-6-11(15)7-4-10/h3-8H,1-2H3/b8-5+. The van der Waals surface area contributed by atoms with Gasteiger partial charge in [0.25, 0.3) is 0 Å². The van der Waals surface area contributed by atoms with Crippen molar-refractivity contribution in [3.8, 4) is 0 Å². The quantitative estimate of drug-likeness (QED) is 0.635. The summed E-state index contributed by atoms with van der Waals surface area (Å²) in [6.45, 7) is 1.76. The molecule has 0 radical (unpaired) electrons. The summed E-state index contributed by atoms with van der Waals surface area (Å²) in [6, 6.07) is 7.22. The van der Waals surface area contributed by atoms with Gasteiger partial charge in [0.05, 0.1) is 11.3 Å². The van der Waals surface area contributed by atoms with Crippen LogP contribution in [0.5, 0.6) is 0 Å². The van der Waals surface area contributed by atoms with Crippen LogP contribution in [0.25, 0.3) is 6.08 Å². The molecule has 2 rings (SSSR count). The maximum Gasteiger partial charge on any atom is 0.190 e. The van der Waals surface area contributed by atoms with Crippen molar-refractivity contribution in [2.24, 2.45) is 7.05 Å². The number of allylic oxidation sites excluding steroid dienone is 1. The minimum Gasteiger partial charge on any atom is -0.289 e. The van der Waals surface area contributed by atoms with E-state index >= 15 is 0 Å². The van der Waals surface area contributed by atoms with Crippen LogP contribution < -0.4 is 0 Å². The van der Waals surface area contributed by atoms with Crippen molar-refractivity contribution in [2.45, 2.75) is 6.92 Å². The molecule has 0 aliphatic carbocycles. The van der Waals surface area contributed by atoms with Gasteiger partial charge in [0, 0.05) is 12.1 Å². The van der Waals surface area contributed by atoms with Crippen molar-refractivity contribution in [3.05, 3.63) is 57.3 Å². The van der Waals surface area contributed by atoms with Gasteiger partial charge >= 0.3 is 0 Å². The summed E-state index contributed by atoms with van der Waals surface area (Å²) in [6.07, 6.45) is 3.21. The fourth-order valence-electron chi connectivity index (χ4n) is 1.74. The molecule has 0 atom stereocenters. The number of carbonyl (C=O) groups excluding carboxylic acids is 1. The Kier molecular flexibility index (Phi) is 4.08. The molecule has 0 saturated heterocycles. The van der Waals surface area contributed by atoms with Gasteiger partial charge < -0.3 is 0 Å². The third kappa shape index (κ3) is 3.06. The van der Waals surface area contributed by atoms with E-state index in [0.717, 1.165) is 5.56 Å². The lowest BCUT2D eigenvalue weighted by atomic mass is 10.1. The van der Waals surface area contributed by atoms with Gasteiger partial charge in [-0.05, 0) is 30.7 Å². The summed E-state index contributed by atoms with van der Waals surface area (Å²) >= 11 is 11.8. The van der Waals surface area contributed by atoms with Gasteiger partial charge in [-0.3, -0.25) is 9.48 Å². The lowest BCUT2D eigenvalue weighted by molar-refractivity contribution is 0.104. The van der Waals surface area contributed by atoms with E-state index < -0.39 is 0 Å². The largest absolute Gasteiger partial charge is 0.289 e. The number of hydrogen-bond donors (Lipinski definition) is 0. The normalized spacial score (nSPS) is 11.2. The molecule has 0 bridgehead atoms. The zero-order valence-electron chi connectivity index (χ0n) is 10.5. The lowest BCUT2D eigenvalue weighted by Gasteiger charge is -1.96.